The minimum Gasteiger partial charge on any atom is -0.388 e. The van der Waals surface area contributed by atoms with Crippen molar-refractivity contribution in [3.63, 3.8) is 0 Å². The van der Waals surface area contributed by atoms with Crippen molar-refractivity contribution in [3.8, 4) is 0 Å². The van der Waals surface area contributed by atoms with Crippen molar-refractivity contribution in [1.29, 1.82) is 0 Å². The zero-order valence-corrected chi connectivity index (χ0v) is 15.9. The van der Waals surface area contributed by atoms with Gasteiger partial charge in [-0.25, -0.2) is 8.78 Å². The molecule has 150 valence electrons. The summed E-state index contributed by atoms with van der Waals surface area (Å²) in [6, 6.07) is 16.2. The molecular formula is C23H17F2N3O2. The highest BCUT2D eigenvalue weighted by molar-refractivity contribution is 6.32. The van der Waals surface area contributed by atoms with Gasteiger partial charge in [0.25, 0.3) is 0 Å². The van der Waals surface area contributed by atoms with E-state index in [4.69, 9.17) is 0 Å². The molecule has 0 aromatic heterocycles. The molecule has 0 radical (unpaired) electrons. The molecule has 0 aliphatic carbocycles. The number of hydrogen-bond donors (Lipinski definition) is 3. The number of carbonyl (C=O) groups is 2. The fourth-order valence-corrected chi connectivity index (χ4v) is 3.23. The second-order valence-corrected chi connectivity index (χ2v) is 6.69. The highest BCUT2D eigenvalue weighted by Crippen LogP contribution is 2.35. The fourth-order valence-electron chi connectivity index (χ4n) is 3.23. The maximum Gasteiger partial charge on any atom is 0.200 e. The van der Waals surface area contributed by atoms with Gasteiger partial charge in [-0.05, 0) is 30.3 Å². The van der Waals surface area contributed by atoms with Crippen LogP contribution in [0.5, 0.6) is 0 Å². The third-order valence-corrected chi connectivity index (χ3v) is 4.69. The summed E-state index contributed by atoms with van der Waals surface area (Å²) < 4.78 is 27.4. The van der Waals surface area contributed by atoms with Crippen LogP contribution in [-0.2, 0) is 0 Å². The lowest BCUT2D eigenvalue weighted by Gasteiger charge is -2.11. The Bertz CT molecular complexity index is 1170. The molecule has 0 saturated heterocycles. The van der Waals surface area contributed by atoms with E-state index in [-0.39, 0.29) is 22.5 Å². The summed E-state index contributed by atoms with van der Waals surface area (Å²) in [7, 11) is 1.77. The molecule has 3 aromatic carbocycles. The Hall–Kier alpha value is -4.00. The smallest absolute Gasteiger partial charge is 0.200 e. The van der Waals surface area contributed by atoms with Gasteiger partial charge < -0.3 is 16.0 Å². The van der Waals surface area contributed by atoms with E-state index in [9.17, 15) is 18.4 Å². The van der Waals surface area contributed by atoms with Crippen molar-refractivity contribution in [2.24, 2.45) is 0 Å². The lowest BCUT2D eigenvalue weighted by molar-refractivity contribution is 0.0960. The van der Waals surface area contributed by atoms with Crippen LogP contribution in [0.4, 0.5) is 25.8 Å². The summed E-state index contributed by atoms with van der Waals surface area (Å²) in [5, 5.41) is 9.08. The Balaban J connectivity index is 1.83. The van der Waals surface area contributed by atoms with Gasteiger partial charge in [0.15, 0.2) is 0 Å². The van der Waals surface area contributed by atoms with Gasteiger partial charge in [-0.1, -0.05) is 30.3 Å². The monoisotopic (exact) mass is 405 g/mol. The first-order valence-electron chi connectivity index (χ1n) is 9.17. The quantitative estimate of drug-likeness (QED) is 0.246. The first-order chi connectivity index (χ1) is 14.5. The summed E-state index contributed by atoms with van der Waals surface area (Å²) in [5.74, 6) is -3.00. The van der Waals surface area contributed by atoms with Crippen LogP contribution in [0.3, 0.4) is 0 Å². The number of nitrogens with one attached hydrogen (secondary N) is 3. The number of carbonyl (C=O) groups excluding carboxylic acids is 2. The van der Waals surface area contributed by atoms with Crippen molar-refractivity contribution in [2.75, 3.05) is 23.0 Å². The fraction of sp³-hybridized carbons (Fsp3) is 0.0435. The van der Waals surface area contributed by atoms with Crippen LogP contribution in [-0.4, -0.2) is 18.6 Å². The van der Waals surface area contributed by atoms with Gasteiger partial charge >= 0.3 is 0 Å². The number of ketones is 2. The van der Waals surface area contributed by atoms with Crippen molar-refractivity contribution in [3.05, 3.63) is 101 Å². The van der Waals surface area contributed by atoms with Crippen molar-refractivity contribution >= 4 is 28.6 Å². The highest BCUT2D eigenvalue weighted by atomic mass is 19.1. The lowest BCUT2D eigenvalue weighted by Crippen LogP contribution is -2.21. The number of rotatable bonds is 5. The van der Waals surface area contributed by atoms with Crippen LogP contribution in [0.1, 0.15) is 20.7 Å². The molecule has 7 heteroatoms. The zero-order chi connectivity index (χ0) is 21.3. The molecule has 3 N–H and O–H groups in total. The van der Waals surface area contributed by atoms with Gasteiger partial charge in [0.1, 0.15) is 23.0 Å². The van der Waals surface area contributed by atoms with E-state index < -0.39 is 23.2 Å². The van der Waals surface area contributed by atoms with Crippen LogP contribution in [0, 0.1) is 11.6 Å². The van der Waals surface area contributed by atoms with Crippen molar-refractivity contribution in [2.45, 2.75) is 0 Å². The average molecular weight is 405 g/mol. The van der Waals surface area contributed by atoms with Gasteiger partial charge in [-0.3, -0.25) is 9.59 Å². The second kappa shape index (κ2) is 7.79. The Kier molecular flexibility index (Phi) is 5.02. The van der Waals surface area contributed by atoms with Crippen LogP contribution in [0.25, 0.3) is 0 Å². The minimum absolute atomic E-state index is 0.154. The van der Waals surface area contributed by atoms with Crippen molar-refractivity contribution < 1.29 is 18.4 Å². The SMILES string of the molecule is CNc1ccc2c(c1)NC(=C(C(=O)c1ccccc1)C(=O)c1cc(F)cc(F)c1)N2. The Morgan fingerprint density at radius 2 is 1.40 bits per heavy atom. The molecule has 0 atom stereocenters. The first kappa shape index (κ1) is 19.3. The second-order valence-electron chi connectivity index (χ2n) is 6.69. The van der Waals surface area contributed by atoms with Crippen molar-refractivity contribution in [1.82, 2.24) is 0 Å². The minimum atomic E-state index is -0.899. The van der Waals surface area contributed by atoms with Crippen LogP contribution >= 0.6 is 0 Å². The molecule has 1 aliphatic rings. The lowest BCUT2D eigenvalue weighted by atomic mass is 9.95. The van der Waals surface area contributed by atoms with Crippen LogP contribution in [0.15, 0.2) is 78.1 Å². The molecule has 3 aromatic rings. The normalized spacial score (nSPS) is 13.7. The first-order valence-corrected chi connectivity index (χ1v) is 9.17. The van der Waals surface area contributed by atoms with Crippen LogP contribution < -0.4 is 16.0 Å². The van der Waals surface area contributed by atoms with Gasteiger partial charge in [0.2, 0.25) is 11.6 Å². The third kappa shape index (κ3) is 3.65. The van der Waals surface area contributed by atoms with E-state index in [0.29, 0.717) is 17.4 Å². The molecular weight excluding hydrogens is 388 g/mol. The molecule has 0 amide bonds. The van der Waals surface area contributed by atoms with E-state index >= 15 is 0 Å². The number of Topliss-reactive ketones (excluding diaryl/α,β-unsaturated/α-hetero) is 2. The number of hydrogen-bond acceptors (Lipinski definition) is 5. The predicted molar refractivity (Wildman–Crippen MR) is 112 cm³/mol. The summed E-state index contributed by atoms with van der Waals surface area (Å²) in [5.41, 5.74) is 1.94. The Morgan fingerprint density at radius 3 is 2.07 bits per heavy atom. The molecule has 0 saturated carbocycles. The Labute approximate surface area is 171 Å². The number of anilines is 3. The van der Waals surface area contributed by atoms with E-state index in [2.05, 4.69) is 16.0 Å². The van der Waals surface area contributed by atoms with E-state index in [1.54, 1.807) is 43.4 Å². The maximum atomic E-state index is 13.7. The summed E-state index contributed by atoms with van der Waals surface area (Å²) in [6.45, 7) is 0. The summed E-state index contributed by atoms with van der Waals surface area (Å²) >= 11 is 0. The largest absolute Gasteiger partial charge is 0.388 e. The number of allylic oxidation sites excluding steroid dienone is 1. The molecule has 0 fully saturated rings. The molecule has 30 heavy (non-hydrogen) atoms. The molecule has 4 rings (SSSR count). The summed E-state index contributed by atoms with van der Waals surface area (Å²) in [4.78, 5) is 26.5. The van der Waals surface area contributed by atoms with Crippen LogP contribution in [0.2, 0.25) is 0 Å². The maximum absolute atomic E-state index is 13.7. The zero-order valence-electron chi connectivity index (χ0n) is 15.9. The van der Waals surface area contributed by atoms with Gasteiger partial charge in [-0.2, -0.15) is 0 Å². The van der Waals surface area contributed by atoms with Gasteiger partial charge in [0.05, 0.1) is 11.4 Å². The van der Waals surface area contributed by atoms with Gasteiger partial charge in [-0.15, -0.1) is 0 Å². The molecule has 1 heterocycles. The number of halogens is 2. The molecule has 0 spiro atoms. The van der Waals surface area contributed by atoms with E-state index in [0.717, 1.165) is 17.8 Å². The molecule has 0 bridgehead atoms. The standard InChI is InChI=1S/C23H17F2N3O2/c1-26-17-7-8-18-19(12-17)28-23(27-18)20(21(29)13-5-3-2-4-6-13)22(30)14-9-15(24)11-16(25)10-14/h2-12,26-28H,1H3. The average Bonchev–Trinajstić information content (AvgIpc) is 3.16. The molecule has 0 unspecified atom stereocenters. The van der Waals surface area contributed by atoms with E-state index in [1.165, 1.54) is 0 Å². The number of fused-ring (bicyclic) bond motifs is 1. The third-order valence-electron chi connectivity index (χ3n) is 4.69. The topological polar surface area (TPSA) is 70.2 Å². The van der Waals surface area contributed by atoms with Gasteiger partial charge in [0, 0.05) is 29.9 Å². The molecule has 1 aliphatic heterocycles. The Morgan fingerprint density at radius 1 is 0.767 bits per heavy atom. The molecule has 5 nitrogen and oxygen atoms in total. The van der Waals surface area contributed by atoms with E-state index in [1.807, 2.05) is 12.1 Å². The summed E-state index contributed by atoms with van der Waals surface area (Å²) in [6.07, 6.45) is 0. The number of benzene rings is 3. The predicted octanol–water partition coefficient (Wildman–Crippen LogP) is 4.82. The highest BCUT2D eigenvalue weighted by Gasteiger charge is 2.29.